The summed E-state index contributed by atoms with van der Waals surface area (Å²) in [6.45, 7) is 1.77. The molecule has 3 N–H and O–H groups in total. The Morgan fingerprint density at radius 2 is 2.12 bits per heavy atom. The molecular weight excluding hydrogens is 364 g/mol. The molecule has 5 nitrogen and oxygen atoms in total. The molecule has 7 heteroatoms. The average Bonchev–Trinajstić information content (AvgIpc) is 3.34. The van der Waals surface area contributed by atoms with Crippen molar-refractivity contribution < 1.29 is 4.79 Å². The Hall–Kier alpha value is -2.22. The highest BCUT2D eigenvalue weighted by Crippen LogP contribution is 2.30. The number of aromatic nitrogens is 1. The summed E-state index contributed by atoms with van der Waals surface area (Å²) in [7, 11) is 0. The third-order valence-corrected chi connectivity index (χ3v) is 6.30. The highest BCUT2D eigenvalue weighted by atomic mass is 32.1. The van der Waals surface area contributed by atoms with Crippen LogP contribution in [0.25, 0.3) is 9.88 Å². The van der Waals surface area contributed by atoms with Crippen molar-refractivity contribution in [2.75, 3.05) is 23.3 Å². The number of hydrogen-bond donors (Lipinski definition) is 2. The normalized spacial score (nSPS) is 17.3. The Morgan fingerprint density at radius 3 is 2.92 bits per heavy atom. The monoisotopic (exact) mass is 384 g/mol. The predicted molar refractivity (Wildman–Crippen MR) is 109 cm³/mol. The molecule has 1 saturated heterocycles. The smallest absolute Gasteiger partial charge is 0.275 e. The van der Waals surface area contributed by atoms with Crippen molar-refractivity contribution in [2.24, 2.45) is 5.73 Å². The summed E-state index contributed by atoms with van der Waals surface area (Å²) in [6, 6.07) is 12.1. The van der Waals surface area contributed by atoms with E-state index >= 15 is 0 Å². The van der Waals surface area contributed by atoms with Gasteiger partial charge in [0.15, 0.2) is 0 Å². The van der Waals surface area contributed by atoms with E-state index in [9.17, 15) is 4.79 Å². The van der Waals surface area contributed by atoms with Crippen LogP contribution in [0.1, 0.15) is 23.3 Å². The topological polar surface area (TPSA) is 71.2 Å². The molecule has 1 amide bonds. The number of carbonyl (C=O) groups is 1. The second-order valence-electron chi connectivity index (χ2n) is 6.33. The Morgan fingerprint density at radius 1 is 1.23 bits per heavy atom. The van der Waals surface area contributed by atoms with Crippen LogP contribution in [0.5, 0.6) is 0 Å². The minimum Gasteiger partial charge on any atom is -0.368 e. The lowest BCUT2D eigenvalue weighted by Crippen LogP contribution is -2.43. The maximum atomic E-state index is 12.7. The van der Waals surface area contributed by atoms with E-state index < -0.39 is 0 Å². The zero-order chi connectivity index (χ0) is 17.9. The molecule has 0 unspecified atom stereocenters. The fraction of sp³-hybridized carbons (Fsp3) is 0.263. The largest absolute Gasteiger partial charge is 0.368 e. The molecule has 4 rings (SSSR count). The van der Waals surface area contributed by atoms with E-state index in [-0.39, 0.29) is 11.9 Å². The number of amides is 1. The average molecular weight is 385 g/mol. The van der Waals surface area contributed by atoms with E-state index in [4.69, 9.17) is 5.73 Å². The minimum atomic E-state index is -0.183. The number of nitrogens with zero attached hydrogens (tertiary/aromatic N) is 2. The number of benzene rings is 1. The summed E-state index contributed by atoms with van der Waals surface area (Å²) >= 11 is 3.11. The first-order valence-electron chi connectivity index (χ1n) is 8.61. The molecule has 0 spiro atoms. The van der Waals surface area contributed by atoms with Crippen LogP contribution in [-0.2, 0) is 0 Å². The first kappa shape index (κ1) is 17.2. The number of nitrogens with one attached hydrogen (secondary N) is 1. The lowest BCUT2D eigenvalue weighted by atomic mass is 10.1. The van der Waals surface area contributed by atoms with E-state index in [1.807, 2.05) is 47.2 Å². The Balaban J connectivity index is 1.53. The predicted octanol–water partition coefficient (Wildman–Crippen LogP) is 4.05. The molecule has 1 aromatic carbocycles. The Bertz CT molecular complexity index is 891. The summed E-state index contributed by atoms with van der Waals surface area (Å²) in [5.74, 6) is -0.183. The van der Waals surface area contributed by atoms with Gasteiger partial charge in [-0.3, -0.25) is 4.79 Å². The number of piperidine rings is 1. The number of carbonyl (C=O) groups excluding carboxylic acids is 1. The molecule has 0 saturated carbocycles. The lowest BCUT2D eigenvalue weighted by Gasteiger charge is -2.33. The van der Waals surface area contributed by atoms with E-state index in [1.54, 1.807) is 11.3 Å². The van der Waals surface area contributed by atoms with Gasteiger partial charge in [-0.15, -0.1) is 22.7 Å². The van der Waals surface area contributed by atoms with Crippen LogP contribution in [-0.4, -0.2) is 30.0 Å². The summed E-state index contributed by atoms with van der Waals surface area (Å²) < 4.78 is 0. The second-order valence-corrected chi connectivity index (χ2v) is 8.14. The number of thiophene rings is 1. The molecule has 0 radical (unpaired) electrons. The van der Waals surface area contributed by atoms with Crippen molar-refractivity contribution in [3.63, 3.8) is 0 Å². The van der Waals surface area contributed by atoms with Crippen LogP contribution in [0.4, 0.5) is 11.4 Å². The minimum absolute atomic E-state index is 0.180. The summed E-state index contributed by atoms with van der Waals surface area (Å²) in [6.07, 6.45) is 2.12. The number of anilines is 2. The van der Waals surface area contributed by atoms with Crippen LogP contribution < -0.4 is 16.0 Å². The number of rotatable bonds is 4. The SMILES string of the molecule is N[C@@H]1CCCN(c2ccccc2NC(=O)c2csc(-c3cccs3)n2)C1. The molecule has 1 fully saturated rings. The molecule has 1 aliphatic rings. The van der Waals surface area contributed by atoms with Gasteiger partial charge in [-0.1, -0.05) is 18.2 Å². The van der Waals surface area contributed by atoms with Gasteiger partial charge >= 0.3 is 0 Å². The van der Waals surface area contributed by atoms with Crippen LogP contribution in [0.3, 0.4) is 0 Å². The fourth-order valence-corrected chi connectivity index (χ4v) is 4.78. The zero-order valence-electron chi connectivity index (χ0n) is 14.2. The van der Waals surface area contributed by atoms with Crippen LogP contribution in [0.2, 0.25) is 0 Å². The molecule has 2 aromatic heterocycles. The molecule has 3 heterocycles. The summed E-state index contributed by atoms with van der Waals surface area (Å²) in [5.41, 5.74) is 8.39. The number of para-hydroxylation sites is 2. The van der Waals surface area contributed by atoms with Gasteiger partial charge in [0.2, 0.25) is 0 Å². The molecule has 3 aromatic rings. The first-order chi connectivity index (χ1) is 12.7. The summed E-state index contributed by atoms with van der Waals surface area (Å²) in [5, 5.41) is 7.72. The van der Waals surface area contributed by atoms with E-state index in [1.165, 1.54) is 11.3 Å². The zero-order valence-corrected chi connectivity index (χ0v) is 15.9. The second kappa shape index (κ2) is 7.57. The Labute approximate surface area is 160 Å². The molecule has 134 valence electrons. The van der Waals surface area contributed by atoms with Crippen molar-refractivity contribution >= 4 is 40.0 Å². The van der Waals surface area contributed by atoms with E-state index in [2.05, 4.69) is 15.2 Å². The van der Waals surface area contributed by atoms with Crippen molar-refractivity contribution in [1.29, 1.82) is 0 Å². The van der Waals surface area contributed by atoms with Crippen LogP contribution in [0.15, 0.2) is 47.2 Å². The van der Waals surface area contributed by atoms with Gasteiger partial charge in [-0.25, -0.2) is 4.98 Å². The number of nitrogens with two attached hydrogens (primary N) is 1. The Kier molecular flexibility index (Phi) is 5.01. The molecule has 26 heavy (non-hydrogen) atoms. The third-order valence-electron chi connectivity index (χ3n) is 4.42. The van der Waals surface area contributed by atoms with Crippen molar-refractivity contribution in [2.45, 2.75) is 18.9 Å². The standard InChI is InChI=1S/C19H20N4OS2/c20-13-5-3-9-23(11-13)16-7-2-1-6-14(16)21-18(24)15-12-26-19(22-15)17-8-4-10-25-17/h1-2,4,6-8,10,12-13H,3,5,9,11,20H2,(H,21,24)/t13-/m1/s1. The van der Waals surface area contributed by atoms with Gasteiger partial charge in [0, 0.05) is 24.5 Å². The van der Waals surface area contributed by atoms with Gasteiger partial charge in [-0.2, -0.15) is 0 Å². The number of hydrogen-bond acceptors (Lipinski definition) is 6. The van der Waals surface area contributed by atoms with E-state index in [0.29, 0.717) is 5.69 Å². The molecule has 1 aliphatic heterocycles. The quantitative estimate of drug-likeness (QED) is 0.712. The van der Waals surface area contributed by atoms with Crippen LogP contribution in [0, 0.1) is 0 Å². The van der Waals surface area contributed by atoms with Gasteiger partial charge in [0.05, 0.1) is 16.3 Å². The van der Waals surface area contributed by atoms with Crippen molar-refractivity contribution in [3.05, 3.63) is 52.9 Å². The molecular formula is C19H20N4OS2. The third kappa shape index (κ3) is 3.65. The van der Waals surface area contributed by atoms with Gasteiger partial charge in [0.1, 0.15) is 10.7 Å². The highest BCUT2D eigenvalue weighted by Gasteiger charge is 2.20. The van der Waals surface area contributed by atoms with E-state index in [0.717, 1.165) is 47.2 Å². The first-order valence-corrected chi connectivity index (χ1v) is 10.4. The number of thiazole rings is 1. The molecule has 0 aliphatic carbocycles. The van der Waals surface area contributed by atoms with Crippen LogP contribution >= 0.6 is 22.7 Å². The molecule has 0 bridgehead atoms. The fourth-order valence-electron chi connectivity index (χ4n) is 3.16. The lowest BCUT2D eigenvalue weighted by molar-refractivity contribution is 0.102. The highest BCUT2D eigenvalue weighted by molar-refractivity contribution is 7.20. The molecule has 1 atom stereocenters. The summed E-state index contributed by atoms with van der Waals surface area (Å²) in [4.78, 5) is 20.5. The van der Waals surface area contributed by atoms with Crippen molar-refractivity contribution in [1.82, 2.24) is 4.98 Å². The van der Waals surface area contributed by atoms with Crippen molar-refractivity contribution in [3.8, 4) is 9.88 Å². The van der Waals surface area contributed by atoms with Gasteiger partial charge in [0.25, 0.3) is 5.91 Å². The van der Waals surface area contributed by atoms with Gasteiger partial charge in [-0.05, 0) is 36.4 Å². The van der Waals surface area contributed by atoms with Gasteiger partial charge < -0.3 is 16.0 Å². The maximum Gasteiger partial charge on any atom is 0.275 e. The maximum absolute atomic E-state index is 12.7.